The van der Waals surface area contributed by atoms with Gasteiger partial charge < -0.3 is 13.7 Å². The normalized spacial score (nSPS) is 11.8. The molecule has 0 aliphatic carbocycles. The van der Waals surface area contributed by atoms with Gasteiger partial charge in [-0.1, -0.05) is 352 Å². The minimum Gasteiger partial charge on any atom is -0.309 e. The van der Waals surface area contributed by atoms with Crippen molar-refractivity contribution in [2.75, 3.05) is 0 Å². The van der Waals surface area contributed by atoms with Crippen LogP contribution in [0.25, 0.3) is 266 Å². The third kappa shape index (κ3) is 13.5. The Bertz CT molecular complexity index is 9870. The maximum Gasteiger partial charge on any atom is 0.161 e. The first-order valence-electron chi connectivity index (χ1n) is 46.4. The smallest absolute Gasteiger partial charge is 0.161 e. The maximum atomic E-state index is 5.45. The Morgan fingerprint density at radius 2 is 0.457 bits per heavy atom. The number of rotatable bonds is 11. The summed E-state index contributed by atoms with van der Waals surface area (Å²) in [6.45, 7) is 0. The predicted molar refractivity (Wildman–Crippen MR) is 584 cm³/mol. The molecule has 0 bridgehead atoms. The van der Waals surface area contributed by atoms with Gasteiger partial charge >= 0.3 is 0 Å². The number of benzene rings is 20. The highest BCUT2D eigenvalue weighted by atomic mass is 32.1. The van der Waals surface area contributed by atoms with Gasteiger partial charge in [0.25, 0.3) is 0 Å². The van der Waals surface area contributed by atoms with Gasteiger partial charge in [-0.25, -0.2) is 29.9 Å². The minimum atomic E-state index is 0.727. The van der Waals surface area contributed by atoms with Crippen molar-refractivity contribution >= 4 is 193 Å². The summed E-state index contributed by atoms with van der Waals surface area (Å²) in [6, 6.07) is 166. The molecule has 0 saturated carbocycles. The summed E-state index contributed by atoms with van der Waals surface area (Å²) in [6.07, 6.45) is 0. The molecular weight excluding hydrogens is 1740 g/mol. The van der Waals surface area contributed by atoms with Crippen molar-refractivity contribution < 1.29 is 0 Å². The lowest BCUT2D eigenvalue weighted by molar-refractivity contribution is 1.18. The zero-order valence-corrected chi connectivity index (χ0v) is 76.7. The summed E-state index contributed by atoms with van der Waals surface area (Å²) in [7, 11) is 0. The fraction of sp³-hybridized carbons (Fsp3) is 0. The minimum absolute atomic E-state index is 0.727. The van der Waals surface area contributed by atoms with Crippen molar-refractivity contribution in [2.24, 2.45) is 0 Å². The van der Waals surface area contributed by atoms with Gasteiger partial charge in [-0.05, 0) is 170 Å². The highest BCUT2D eigenvalue weighted by Gasteiger charge is 2.27. The molecule has 0 spiro atoms. The molecule has 20 aromatic carbocycles. The van der Waals surface area contributed by atoms with E-state index < -0.39 is 0 Å². The van der Waals surface area contributed by atoms with Gasteiger partial charge in [0.05, 0.1) is 80.8 Å². The van der Waals surface area contributed by atoms with E-state index >= 15 is 0 Å². The van der Waals surface area contributed by atoms with Crippen LogP contribution in [-0.4, -0.2) is 43.6 Å². The van der Waals surface area contributed by atoms with Gasteiger partial charge in [0.2, 0.25) is 0 Å². The van der Waals surface area contributed by atoms with E-state index in [0.717, 1.165) is 154 Å². The van der Waals surface area contributed by atoms with E-state index in [-0.39, 0.29) is 0 Å². The number of nitrogens with zero attached hydrogens (tertiary/aromatic N) is 9. The zero-order valence-electron chi connectivity index (χ0n) is 74.2. The molecule has 0 N–H and O–H groups in total. The molecule has 9 aromatic heterocycles. The van der Waals surface area contributed by atoms with Crippen LogP contribution in [0.3, 0.4) is 0 Å². The number of thiophene rings is 3. The third-order valence-corrected chi connectivity index (χ3v) is 30.5. The number of hydrogen-bond donors (Lipinski definition) is 0. The average Bonchev–Trinajstić information content (AvgIpc) is 1.48. The van der Waals surface area contributed by atoms with Crippen LogP contribution in [0.1, 0.15) is 0 Å². The second-order valence-corrected chi connectivity index (χ2v) is 38.1. The number of aromatic nitrogens is 9. The van der Waals surface area contributed by atoms with Gasteiger partial charge in [-0.2, -0.15) is 0 Å². The van der Waals surface area contributed by atoms with Gasteiger partial charge in [-0.15, -0.1) is 34.0 Å². The highest BCUT2D eigenvalue weighted by molar-refractivity contribution is 7.27. The van der Waals surface area contributed by atoms with Crippen LogP contribution >= 0.6 is 34.0 Å². The second-order valence-electron chi connectivity index (χ2n) is 35.0. The Kier molecular flexibility index (Phi) is 19.3. The second kappa shape index (κ2) is 33.3. The maximum absolute atomic E-state index is 5.45. The fourth-order valence-corrected chi connectivity index (χ4v) is 24.2. The van der Waals surface area contributed by atoms with Crippen LogP contribution in [0, 0.1) is 0 Å². The summed E-state index contributed by atoms with van der Waals surface area (Å²) < 4.78 is 14.1. The number of para-hydroxylation sites is 3. The Morgan fingerprint density at radius 3 is 0.884 bits per heavy atom. The largest absolute Gasteiger partial charge is 0.309 e. The molecule has 0 fully saturated rings. The molecule has 0 unspecified atom stereocenters. The lowest BCUT2D eigenvalue weighted by atomic mass is 9.94. The molecule has 12 heteroatoms. The monoisotopic (exact) mass is 1810 g/mol. The van der Waals surface area contributed by atoms with Crippen LogP contribution in [0.4, 0.5) is 0 Å². The van der Waals surface area contributed by atoms with Crippen molar-refractivity contribution in [3.05, 3.63) is 467 Å². The standard InChI is InChI=1S/C52H31N3S.C40H25N3S.C34H21N3S/c1-3-14-32(15-4-1)34-26-29-45-44(30-34)48-42(52-53-49(33-16-5-2-6-17-33)51-50(54-52)41-22-11-12-25-47(41)56-51)23-13-24-46(48)55(45)35-27-28-40-38-20-8-7-18-36(38)37-19-9-10-21-39(37)43(40)31-35;1-4-13-26(14-5-1)28-23-24-33-32(25-28)36-31(20-12-21-34(36)43(33)29-17-8-3-9-18-29)40-41-37(27-15-6-2-7-16-27)39-38(42-40)30-19-10-11-22-35(30)44-39;1-3-11-22(12-4-1)31-33-32(26-16-8-10-18-30(26)38-33)36-34(35-31)23-19-20-29-27(21-23)25-15-7-9-17-28(25)37(29)24-13-5-2-6-14-24/h1-31H;1-25H;1-21H. The lowest BCUT2D eigenvalue weighted by Gasteiger charge is -2.14. The molecule has 0 atom stereocenters. The topological polar surface area (TPSA) is 92.1 Å². The van der Waals surface area contributed by atoms with Crippen molar-refractivity contribution in [1.82, 2.24) is 43.6 Å². The molecule has 29 aromatic rings. The van der Waals surface area contributed by atoms with Crippen molar-refractivity contribution in [3.63, 3.8) is 0 Å². The first kappa shape index (κ1) is 80.2. The van der Waals surface area contributed by atoms with Crippen molar-refractivity contribution in [3.8, 4) is 107 Å². The summed E-state index contributed by atoms with van der Waals surface area (Å²) >= 11 is 5.30. The van der Waals surface area contributed by atoms with E-state index in [1.165, 1.54) is 112 Å². The van der Waals surface area contributed by atoms with E-state index in [1.54, 1.807) is 34.0 Å². The van der Waals surface area contributed by atoms with Gasteiger partial charge in [0.1, 0.15) is 0 Å². The molecule has 0 saturated heterocycles. The first-order chi connectivity index (χ1) is 68.5. The summed E-state index contributed by atoms with van der Waals surface area (Å²) in [5.74, 6) is 2.21. The molecule has 644 valence electrons. The molecule has 9 heterocycles. The summed E-state index contributed by atoms with van der Waals surface area (Å²) in [4.78, 5) is 31.9. The first-order valence-corrected chi connectivity index (χ1v) is 48.9. The molecule has 0 amide bonds. The van der Waals surface area contributed by atoms with Crippen LogP contribution in [0.15, 0.2) is 467 Å². The van der Waals surface area contributed by atoms with Crippen molar-refractivity contribution in [2.45, 2.75) is 0 Å². The van der Waals surface area contributed by atoms with Crippen molar-refractivity contribution in [1.29, 1.82) is 0 Å². The van der Waals surface area contributed by atoms with Gasteiger partial charge in [-0.3, -0.25) is 0 Å². The Morgan fingerprint density at radius 1 is 0.159 bits per heavy atom. The molecule has 0 aliphatic rings. The predicted octanol–water partition coefficient (Wildman–Crippen LogP) is 34.6. The Hall–Kier alpha value is -17.5. The number of fused-ring (bicyclic) bond motifs is 24. The Balaban J connectivity index is 0.000000107. The molecule has 0 aliphatic heterocycles. The van der Waals surface area contributed by atoms with E-state index in [9.17, 15) is 0 Å². The number of hydrogen-bond acceptors (Lipinski definition) is 9. The molecule has 9 nitrogen and oxygen atoms in total. The van der Waals surface area contributed by atoms with E-state index in [2.05, 4.69) is 475 Å². The average molecular weight is 1810 g/mol. The van der Waals surface area contributed by atoms with Crippen LogP contribution in [-0.2, 0) is 0 Å². The molecular formula is C126H77N9S3. The SMILES string of the molecule is c1ccc(-c2ccc3c(c2)c2c(-c4nc(-c5ccccc5)c5sc6ccccc6c5n4)cccc2n3-c2ccc3c4ccccc4c4ccccc4c3c2)cc1.c1ccc(-c2ccc3c(c2)c2c(-c4nc(-c5ccccc5)c5sc6ccccc6c5n4)cccc2n3-c2ccccc2)cc1.c1ccc(-c2nc(-c3ccc4c(c3)c3ccccc3n4-c3ccccc3)nc3c2sc2ccccc23)cc1. The third-order valence-electron chi connectivity index (χ3n) is 27.0. The summed E-state index contributed by atoms with van der Waals surface area (Å²) in [5, 5.41) is 18.1. The van der Waals surface area contributed by atoms with Gasteiger partial charge in [0.15, 0.2) is 17.5 Å². The van der Waals surface area contributed by atoms with E-state index in [4.69, 9.17) is 29.9 Å². The highest BCUT2D eigenvalue weighted by Crippen LogP contribution is 2.49. The van der Waals surface area contributed by atoms with Crippen LogP contribution in [0.5, 0.6) is 0 Å². The van der Waals surface area contributed by atoms with Crippen LogP contribution in [0.2, 0.25) is 0 Å². The van der Waals surface area contributed by atoms with Crippen LogP contribution < -0.4 is 0 Å². The fourth-order valence-electron chi connectivity index (χ4n) is 20.8. The lowest BCUT2D eigenvalue weighted by Crippen LogP contribution is -1.96. The molecule has 0 radical (unpaired) electrons. The molecule has 29 rings (SSSR count). The summed E-state index contributed by atoms with van der Waals surface area (Å²) in [5.41, 5.74) is 27.3. The zero-order chi connectivity index (χ0) is 90.8. The van der Waals surface area contributed by atoms with E-state index in [0.29, 0.717) is 0 Å². The molecule has 138 heavy (non-hydrogen) atoms. The van der Waals surface area contributed by atoms with E-state index in [1.807, 2.05) is 6.07 Å². The Labute approximate surface area is 804 Å². The quantitative estimate of drug-likeness (QED) is 0.120. The van der Waals surface area contributed by atoms with Gasteiger partial charge in [0, 0.05) is 113 Å².